The second kappa shape index (κ2) is 8.17. The van der Waals surface area contributed by atoms with E-state index in [1.807, 2.05) is 52.9 Å². The zero-order valence-electron chi connectivity index (χ0n) is 16.2. The van der Waals surface area contributed by atoms with Gasteiger partial charge >= 0.3 is 0 Å². The van der Waals surface area contributed by atoms with Crippen molar-refractivity contribution >= 4 is 0 Å². The van der Waals surface area contributed by atoms with Crippen LogP contribution in [0.15, 0.2) is 67.1 Å². The van der Waals surface area contributed by atoms with Crippen LogP contribution in [0.3, 0.4) is 0 Å². The Morgan fingerprint density at radius 3 is 2.61 bits per heavy atom. The SMILES string of the molecule is Cc1cc(-n2nc(CCc3ccccc3)nc2[C@@H](C)Cn2cccn2)ccn1. The van der Waals surface area contributed by atoms with Gasteiger partial charge in [0.25, 0.3) is 0 Å². The van der Waals surface area contributed by atoms with Gasteiger partial charge in [-0.3, -0.25) is 9.67 Å². The van der Waals surface area contributed by atoms with Crippen LogP contribution < -0.4 is 0 Å². The van der Waals surface area contributed by atoms with Crippen molar-refractivity contribution < 1.29 is 0 Å². The van der Waals surface area contributed by atoms with Gasteiger partial charge in [-0.2, -0.15) is 10.2 Å². The Bertz CT molecular complexity index is 1020. The normalized spacial score (nSPS) is 12.2. The molecule has 6 nitrogen and oxygen atoms in total. The van der Waals surface area contributed by atoms with Crippen molar-refractivity contribution in [2.75, 3.05) is 0 Å². The number of nitrogens with zero attached hydrogens (tertiary/aromatic N) is 6. The quantitative estimate of drug-likeness (QED) is 0.496. The molecule has 28 heavy (non-hydrogen) atoms. The molecule has 0 unspecified atom stereocenters. The first-order chi connectivity index (χ1) is 13.7. The molecule has 0 spiro atoms. The van der Waals surface area contributed by atoms with Crippen LogP contribution in [0.2, 0.25) is 0 Å². The van der Waals surface area contributed by atoms with Crippen LogP contribution in [0.1, 0.15) is 35.7 Å². The third-order valence-electron chi connectivity index (χ3n) is 4.74. The third-order valence-corrected chi connectivity index (χ3v) is 4.74. The monoisotopic (exact) mass is 372 g/mol. The molecule has 0 N–H and O–H groups in total. The molecular weight excluding hydrogens is 348 g/mol. The van der Waals surface area contributed by atoms with Crippen molar-refractivity contribution in [2.45, 2.75) is 39.2 Å². The van der Waals surface area contributed by atoms with Gasteiger partial charge in [-0.1, -0.05) is 37.3 Å². The van der Waals surface area contributed by atoms with Crippen molar-refractivity contribution in [1.29, 1.82) is 0 Å². The Labute approximate surface area is 164 Å². The van der Waals surface area contributed by atoms with E-state index in [2.05, 4.69) is 41.3 Å². The molecule has 1 aromatic carbocycles. The molecule has 6 heteroatoms. The number of rotatable bonds is 7. The molecular formula is C22H24N6. The molecule has 3 aromatic heterocycles. The summed E-state index contributed by atoms with van der Waals surface area (Å²) in [6.45, 7) is 4.91. The van der Waals surface area contributed by atoms with Crippen molar-refractivity contribution in [3.05, 3.63) is 90.0 Å². The molecule has 0 saturated carbocycles. The minimum Gasteiger partial charge on any atom is -0.272 e. The Morgan fingerprint density at radius 2 is 1.86 bits per heavy atom. The van der Waals surface area contributed by atoms with E-state index in [-0.39, 0.29) is 5.92 Å². The lowest BCUT2D eigenvalue weighted by molar-refractivity contribution is 0.515. The predicted molar refractivity (Wildman–Crippen MR) is 108 cm³/mol. The number of aromatic nitrogens is 6. The van der Waals surface area contributed by atoms with Crippen molar-refractivity contribution in [3.63, 3.8) is 0 Å². The molecule has 142 valence electrons. The van der Waals surface area contributed by atoms with E-state index < -0.39 is 0 Å². The molecule has 0 fully saturated rings. The third kappa shape index (κ3) is 4.17. The fourth-order valence-electron chi connectivity index (χ4n) is 3.32. The molecule has 0 aliphatic heterocycles. The van der Waals surface area contributed by atoms with Gasteiger partial charge in [0.1, 0.15) is 5.82 Å². The van der Waals surface area contributed by atoms with E-state index in [0.29, 0.717) is 0 Å². The summed E-state index contributed by atoms with van der Waals surface area (Å²) in [5.41, 5.74) is 3.25. The standard InChI is InChI=1S/C22H24N6/c1-17(16-27-14-6-12-24-27)22-25-21(10-9-19-7-4-3-5-8-19)26-28(22)20-11-13-23-18(2)15-20/h3-8,11-15,17H,9-10,16H2,1-2H3/t17-/m0/s1. The second-order valence-corrected chi connectivity index (χ2v) is 7.07. The summed E-state index contributed by atoms with van der Waals surface area (Å²) in [6.07, 6.45) is 7.33. The fourth-order valence-corrected chi connectivity index (χ4v) is 3.32. The fraction of sp³-hybridized carbons (Fsp3) is 0.273. The van der Waals surface area contributed by atoms with Crippen LogP contribution in [0, 0.1) is 6.92 Å². The van der Waals surface area contributed by atoms with Crippen LogP contribution in [-0.4, -0.2) is 29.5 Å². The lowest BCUT2D eigenvalue weighted by Crippen LogP contribution is -2.13. The van der Waals surface area contributed by atoms with E-state index in [9.17, 15) is 0 Å². The lowest BCUT2D eigenvalue weighted by atomic mass is 10.1. The highest BCUT2D eigenvalue weighted by atomic mass is 15.4. The van der Waals surface area contributed by atoms with Gasteiger partial charge in [0.2, 0.25) is 0 Å². The maximum absolute atomic E-state index is 4.90. The highest BCUT2D eigenvalue weighted by molar-refractivity contribution is 5.32. The van der Waals surface area contributed by atoms with Crippen molar-refractivity contribution in [2.24, 2.45) is 0 Å². The molecule has 1 atom stereocenters. The maximum atomic E-state index is 4.90. The van der Waals surface area contributed by atoms with E-state index in [1.54, 1.807) is 6.20 Å². The highest BCUT2D eigenvalue weighted by Crippen LogP contribution is 2.20. The molecule has 0 radical (unpaired) electrons. The molecule has 0 aliphatic rings. The van der Waals surface area contributed by atoms with Gasteiger partial charge in [-0.25, -0.2) is 9.67 Å². The van der Waals surface area contributed by atoms with Gasteiger partial charge in [-0.05, 0) is 37.1 Å². The summed E-state index contributed by atoms with van der Waals surface area (Å²) in [4.78, 5) is 9.21. The molecule has 0 amide bonds. The molecule has 0 saturated heterocycles. The Morgan fingerprint density at radius 1 is 1.00 bits per heavy atom. The van der Waals surface area contributed by atoms with Crippen LogP contribution >= 0.6 is 0 Å². The van der Waals surface area contributed by atoms with E-state index >= 15 is 0 Å². The lowest BCUT2D eigenvalue weighted by Gasteiger charge is -2.13. The molecule has 4 rings (SSSR count). The first-order valence-corrected chi connectivity index (χ1v) is 9.59. The van der Waals surface area contributed by atoms with Gasteiger partial charge in [0, 0.05) is 36.6 Å². The van der Waals surface area contributed by atoms with E-state index in [4.69, 9.17) is 10.1 Å². The van der Waals surface area contributed by atoms with Gasteiger partial charge < -0.3 is 0 Å². The average molecular weight is 372 g/mol. The minimum atomic E-state index is 0.173. The van der Waals surface area contributed by atoms with Gasteiger partial charge in [0.05, 0.1) is 12.2 Å². The predicted octanol–water partition coefficient (Wildman–Crippen LogP) is 3.76. The van der Waals surface area contributed by atoms with Crippen LogP contribution in [-0.2, 0) is 19.4 Å². The largest absolute Gasteiger partial charge is 0.272 e. The van der Waals surface area contributed by atoms with Crippen LogP contribution in [0.5, 0.6) is 0 Å². The number of hydrogen-bond donors (Lipinski definition) is 0. The molecule has 0 bridgehead atoms. The summed E-state index contributed by atoms with van der Waals surface area (Å²) in [5.74, 6) is 1.98. The summed E-state index contributed by atoms with van der Waals surface area (Å²) >= 11 is 0. The zero-order valence-corrected chi connectivity index (χ0v) is 16.2. The summed E-state index contributed by atoms with van der Waals surface area (Å²) < 4.78 is 3.90. The number of hydrogen-bond acceptors (Lipinski definition) is 4. The Kier molecular flexibility index (Phi) is 5.28. The summed E-state index contributed by atoms with van der Waals surface area (Å²) in [6, 6.07) is 16.4. The van der Waals surface area contributed by atoms with Crippen LogP contribution in [0.25, 0.3) is 5.69 Å². The molecule has 0 aliphatic carbocycles. The molecule has 3 heterocycles. The van der Waals surface area contributed by atoms with Gasteiger partial charge in [-0.15, -0.1) is 0 Å². The Hall–Kier alpha value is -3.28. The smallest absolute Gasteiger partial charge is 0.151 e. The topological polar surface area (TPSA) is 61.4 Å². The first kappa shape index (κ1) is 18.1. The van der Waals surface area contributed by atoms with Crippen molar-refractivity contribution in [1.82, 2.24) is 29.5 Å². The maximum Gasteiger partial charge on any atom is 0.151 e. The number of aryl methyl sites for hydroxylation is 3. The number of benzene rings is 1. The number of pyridine rings is 1. The first-order valence-electron chi connectivity index (χ1n) is 9.59. The van der Waals surface area contributed by atoms with Gasteiger partial charge in [0.15, 0.2) is 5.82 Å². The summed E-state index contributed by atoms with van der Waals surface area (Å²) in [5, 5.41) is 9.17. The molecule has 4 aromatic rings. The van der Waals surface area contributed by atoms with Crippen molar-refractivity contribution in [3.8, 4) is 5.69 Å². The van der Waals surface area contributed by atoms with E-state index in [0.717, 1.165) is 42.4 Å². The summed E-state index contributed by atoms with van der Waals surface area (Å²) in [7, 11) is 0. The van der Waals surface area contributed by atoms with E-state index in [1.165, 1.54) is 5.56 Å². The van der Waals surface area contributed by atoms with Crippen LogP contribution in [0.4, 0.5) is 0 Å². The average Bonchev–Trinajstić information content (AvgIpc) is 3.37. The zero-order chi connectivity index (χ0) is 19.3. The highest BCUT2D eigenvalue weighted by Gasteiger charge is 2.18. The Balaban J connectivity index is 1.63. The minimum absolute atomic E-state index is 0.173. The second-order valence-electron chi connectivity index (χ2n) is 7.07.